The first-order chi connectivity index (χ1) is 36.6. The van der Waals surface area contributed by atoms with Gasteiger partial charge in [0.2, 0.25) is 5.91 Å². The summed E-state index contributed by atoms with van der Waals surface area (Å²) in [6.07, 6.45) is 8.38. The summed E-state index contributed by atoms with van der Waals surface area (Å²) in [4.78, 5) is 81.2. The number of likely N-dealkylation sites (tertiary alicyclic amines) is 1. The average molecular weight is 1060 g/mol. The average Bonchev–Trinajstić information content (AvgIpc) is 3.91. The minimum Gasteiger partial charge on any atom is -0.464 e. The van der Waals surface area contributed by atoms with E-state index < -0.39 is 53.2 Å². The number of carbonyl (C=O) groups excluding carboxylic acids is 4. The summed E-state index contributed by atoms with van der Waals surface area (Å²) in [7, 11) is 3.35. The highest BCUT2D eigenvalue weighted by molar-refractivity contribution is 7.10. The number of methoxy groups -OCH3 is 1. The van der Waals surface area contributed by atoms with E-state index in [0.717, 1.165) is 89.0 Å². The fourth-order valence-electron chi connectivity index (χ4n) is 12.9. The van der Waals surface area contributed by atoms with Crippen LogP contribution in [0.5, 0.6) is 0 Å². The van der Waals surface area contributed by atoms with Gasteiger partial charge in [-0.2, -0.15) is 0 Å². The Morgan fingerprint density at radius 1 is 1.03 bits per heavy atom. The molecule has 4 fully saturated rings. The Kier molecular flexibility index (Phi) is 14.4. The number of halogens is 1. The van der Waals surface area contributed by atoms with Gasteiger partial charge in [-0.05, 0) is 87.3 Å². The van der Waals surface area contributed by atoms with E-state index >= 15 is 0 Å². The summed E-state index contributed by atoms with van der Waals surface area (Å²) in [5.74, 6) is -2.46. The van der Waals surface area contributed by atoms with E-state index in [4.69, 9.17) is 19.4 Å². The normalized spacial score (nSPS) is 24.3. The Balaban J connectivity index is 0.938. The number of ether oxygens (including phenoxy) is 2. The molecule has 2 aliphatic carbocycles. The number of esters is 1. The number of pyridine rings is 2. The Morgan fingerprint density at radius 2 is 1.82 bits per heavy atom. The molecule has 11 rings (SSSR count). The van der Waals surface area contributed by atoms with Crippen molar-refractivity contribution in [1.82, 2.24) is 50.0 Å². The predicted octanol–water partition coefficient (Wildman–Crippen LogP) is 7.34. The van der Waals surface area contributed by atoms with E-state index in [2.05, 4.69) is 75.1 Å². The maximum absolute atomic E-state index is 14.9. The first-order valence-corrected chi connectivity index (χ1v) is 28.3. The smallest absolute Gasteiger partial charge is 0.324 e. The summed E-state index contributed by atoms with van der Waals surface area (Å²) < 4.78 is 30.0. The Bertz CT molecular complexity index is 3020. The van der Waals surface area contributed by atoms with Crippen molar-refractivity contribution in [3.63, 3.8) is 0 Å². The Hall–Kier alpha value is -6.02. The molecule has 0 spiro atoms. The lowest BCUT2D eigenvalue weighted by Gasteiger charge is -2.43. The van der Waals surface area contributed by atoms with Gasteiger partial charge in [-0.15, -0.1) is 11.3 Å². The summed E-state index contributed by atoms with van der Waals surface area (Å²) in [6.45, 7) is 15.7. The van der Waals surface area contributed by atoms with Crippen molar-refractivity contribution in [3.05, 3.63) is 81.9 Å². The molecular formula is C57H72FN11O6S. The summed E-state index contributed by atoms with van der Waals surface area (Å²) in [5.41, 5.74) is 10.7. The van der Waals surface area contributed by atoms with Gasteiger partial charge in [0.1, 0.15) is 30.0 Å². The van der Waals surface area contributed by atoms with Gasteiger partial charge in [0.05, 0.1) is 46.3 Å². The molecule has 17 nitrogen and oxygen atoms in total. The van der Waals surface area contributed by atoms with Crippen LogP contribution in [0.4, 0.5) is 14.9 Å². The third-order valence-corrected chi connectivity index (χ3v) is 17.8. The Labute approximate surface area is 448 Å². The van der Waals surface area contributed by atoms with Crippen LogP contribution in [-0.2, 0) is 43.2 Å². The highest BCUT2D eigenvalue weighted by Gasteiger charge is 2.48. The van der Waals surface area contributed by atoms with E-state index in [-0.39, 0.29) is 43.4 Å². The van der Waals surface area contributed by atoms with Crippen LogP contribution in [0.1, 0.15) is 107 Å². The fourth-order valence-corrected chi connectivity index (χ4v) is 13.8. The van der Waals surface area contributed by atoms with Crippen LogP contribution in [-0.4, -0.2) is 153 Å². The number of anilines is 1. The lowest BCUT2D eigenvalue weighted by atomic mass is 9.67. The number of likely N-dealkylation sites (N-methyl/N-ethyl adjacent to an activating group) is 1. The summed E-state index contributed by atoms with van der Waals surface area (Å²) >= 11 is 1.42. The van der Waals surface area contributed by atoms with E-state index in [1.807, 2.05) is 25.4 Å². The van der Waals surface area contributed by atoms with E-state index in [9.17, 15) is 23.6 Å². The highest BCUT2D eigenvalue weighted by atomic mass is 32.1. The van der Waals surface area contributed by atoms with Gasteiger partial charge in [-0.1, -0.05) is 33.8 Å². The number of hydrogen-bond donors (Lipinski definition) is 2. The second kappa shape index (κ2) is 21.1. The van der Waals surface area contributed by atoms with Gasteiger partial charge in [-0.3, -0.25) is 34.3 Å². The number of aryl methyl sites for hydroxylation is 1. The molecule has 8 heterocycles. The van der Waals surface area contributed by atoms with E-state index in [1.165, 1.54) is 40.2 Å². The third kappa shape index (κ3) is 9.74. The van der Waals surface area contributed by atoms with Crippen molar-refractivity contribution in [3.8, 4) is 22.5 Å². The number of benzene rings is 1. The van der Waals surface area contributed by atoms with Gasteiger partial charge in [0.15, 0.2) is 0 Å². The number of nitrogens with zero attached hydrogens (tertiary/aromatic N) is 9. The summed E-state index contributed by atoms with van der Waals surface area (Å²) in [5, 5.41) is 8.18. The first-order valence-electron chi connectivity index (χ1n) is 27.4. The van der Waals surface area contributed by atoms with Crippen LogP contribution in [0.25, 0.3) is 33.4 Å². The zero-order valence-electron chi connectivity index (χ0n) is 44.9. The molecule has 1 unspecified atom stereocenters. The SMILES string of the molecule is CCn1c2c3c4cc(ccc41)-c1csc(n1)C[C@H](NC(=O)[C@H](C(C)C)N(C)C(=O)N1CCC[C@@H]1Cc1ncccc1F)C(=O)N1CCC[C@H](N1)C(=O)OCC(C)(C)C3[C@H](OC)c1ncc(N3CCN(C4CC4)CC3)cc1-2. The predicted molar refractivity (Wildman–Crippen MR) is 289 cm³/mol. The van der Waals surface area contributed by atoms with Crippen molar-refractivity contribution in [1.29, 1.82) is 0 Å². The second-order valence-electron chi connectivity index (χ2n) is 22.8. The third-order valence-electron chi connectivity index (χ3n) is 17.0. The zero-order valence-corrected chi connectivity index (χ0v) is 45.7. The zero-order chi connectivity index (χ0) is 53.2. The minimum absolute atomic E-state index is 0.0617. The molecule has 4 amide bonds. The molecule has 4 aliphatic heterocycles. The minimum atomic E-state index is -1.11. The molecule has 6 atom stereocenters. The number of piperazine rings is 1. The fraction of sp³-hybridized carbons (Fsp3) is 0.561. The van der Waals surface area contributed by atoms with Crippen LogP contribution in [0.3, 0.4) is 0 Å². The maximum Gasteiger partial charge on any atom is 0.324 e. The number of thiazole rings is 1. The molecular weight excluding hydrogens is 986 g/mol. The Morgan fingerprint density at radius 3 is 2.55 bits per heavy atom. The van der Waals surface area contributed by atoms with Gasteiger partial charge in [0.25, 0.3) is 5.91 Å². The molecule has 6 bridgehead atoms. The van der Waals surface area contributed by atoms with Gasteiger partial charge in [0, 0.05) is 130 Å². The number of amides is 4. The first kappa shape index (κ1) is 52.1. The van der Waals surface area contributed by atoms with Crippen LogP contribution < -0.4 is 15.6 Å². The van der Waals surface area contributed by atoms with Crippen molar-refractivity contribution in [2.45, 2.75) is 135 Å². The molecule has 5 aromatic rings. The molecule has 19 heteroatoms. The second-order valence-corrected chi connectivity index (χ2v) is 23.7. The molecule has 404 valence electrons. The highest BCUT2D eigenvalue weighted by Crippen LogP contribution is 2.57. The molecule has 4 aromatic heterocycles. The molecule has 1 aromatic carbocycles. The van der Waals surface area contributed by atoms with Gasteiger partial charge >= 0.3 is 12.0 Å². The standard InChI is InChI=1S/C57H72FN11O6S/c1-8-67-45-18-15-34-26-38(45)47-48(52(74-7)49-39(51(47)67)27-37(30-60-49)66-24-22-65(23-25-66)35-16-17-35)57(4,5)32-75-55(72)41-14-11-21-69(63-41)54(71)43(29-46-61-44(34)31-76-46)62-53(70)50(33(2)3)64(6)56(73)68-20-10-12-36(68)28-42-40(58)13-9-19-59-42/h9,13,15,18-19,26-27,30-31,33,35-36,41,43,48,50,52,63H,8,10-12,14,16-17,20-25,28-29,32H2,1-7H3,(H,62,70)/t36-,41+,43+,48?,50+,52+/m1/s1. The number of fused-ring (bicyclic) bond motifs is 8. The number of cyclic esters (lactones) is 1. The number of urea groups is 1. The monoisotopic (exact) mass is 1060 g/mol. The van der Waals surface area contributed by atoms with E-state index in [1.54, 1.807) is 31.3 Å². The summed E-state index contributed by atoms with van der Waals surface area (Å²) in [6, 6.07) is 8.90. The topological polar surface area (TPSA) is 171 Å². The molecule has 3 saturated heterocycles. The molecule has 6 aliphatic rings. The van der Waals surface area contributed by atoms with Crippen molar-refractivity contribution in [2.24, 2.45) is 11.3 Å². The number of hydrazine groups is 1. The number of carbonyl (C=O) groups is 4. The maximum atomic E-state index is 14.9. The lowest BCUT2D eigenvalue weighted by molar-refractivity contribution is -0.156. The van der Waals surface area contributed by atoms with Crippen LogP contribution >= 0.6 is 11.3 Å². The molecule has 1 saturated carbocycles. The van der Waals surface area contributed by atoms with Gasteiger partial charge in [-0.25, -0.2) is 19.6 Å². The number of hydrogen-bond acceptors (Lipinski definition) is 13. The lowest BCUT2D eigenvalue weighted by Crippen LogP contribution is -2.62. The van der Waals surface area contributed by atoms with Crippen LogP contribution in [0.15, 0.2) is 54.2 Å². The molecule has 0 radical (unpaired) electrons. The van der Waals surface area contributed by atoms with Crippen molar-refractivity contribution < 1.29 is 33.0 Å². The largest absolute Gasteiger partial charge is 0.464 e. The van der Waals surface area contributed by atoms with E-state index in [0.29, 0.717) is 49.6 Å². The van der Waals surface area contributed by atoms with Gasteiger partial charge < -0.3 is 34.1 Å². The number of nitrogens with one attached hydrogen (secondary N) is 2. The molecule has 2 N–H and O–H groups in total. The number of aromatic nitrogens is 4. The van der Waals surface area contributed by atoms with Crippen LogP contribution in [0.2, 0.25) is 0 Å². The quantitative estimate of drug-likeness (QED) is 0.134. The van der Waals surface area contributed by atoms with Crippen molar-refractivity contribution >= 4 is 51.7 Å². The number of rotatable bonds is 10. The molecule has 76 heavy (non-hydrogen) atoms. The van der Waals surface area contributed by atoms with Crippen LogP contribution in [0, 0.1) is 17.2 Å². The van der Waals surface area contributed by atoms with Crippen molar-refractivity contribution in [2.75, 3.05) is 64.9 Å².